The second-order valence-electron chi connectivity index (χ2n) is 3.97. The van der Waals surface area contributed by atoms with E-state index in [2.05, 4.69) is 15.7 Å². The Morgan fingerprint density at radius 3 is 2.76 bits per heavy atom. The number of nitrogens with zero attached hydrogens (tertiary/aromatic N) is 1. The third-order valence-corrected chi connectivity index (χ3v) is 2.92. The molecule has 1 aromatic heterocycles. The van der Waals surface area contributed by atoms with Gasteiger partial charge in [0.2, 0.25) is 0 Å². The van der Waals surface area contributed by atoms with E-state index in [4.69, 9.17) is 22.2 Å². The van der Waals surface area contributed by atoms with E-state index in [0.717, 1.165) is 6.07 Å². The van der Waals surface area contributed by atoms with E-state index in [1.807, 2.05) is 0 Å². The first-order valence-electron chi connectivity index (χ1n) is 5.83. The summed E-state index contributed by atoms with van der Waals surface area (Å²) in [6.45, 7) is 0. The molecule has 2 aromatic rings. The minimum Gasteiger partial charge on any atom is -0.494 e. The SMILES string of the molecule is COc1ccc(NC(=O)c2nc(NN)ccc2Cl)cc1F. The van der Waals surface area contributed by atoms with Crippen LogP contribution < -0.4 is 21.3 Å². The molecule has 110 valence electrons. The lowest BCUT2D eigenvalue weighted by Gasteiger charge is -2.09. The van der Waals surface area contributed by atoms with Crippen molar-refractivity contribution in [1.82, 2.24) is 4.98 Å². The number of benzene rings is 1. The predicted molar refractivity (Wildman–Crippen MR) is 78.0 cm³/mol. The Morgan fingerprint density at radius 2 is 2.14 bits per heavy atom. The summed E-state index contributed by atoms with van der Waals surface area (Å²) >= 11 is 5.91. The summed E-state index contributed by atoms with van der Waals surface area (Å²) in [4.78, 5) is 16.0. The molecule has 1 amide bonds. The fraction of sp³-hybridized carbons (Fsp3) is 0.0769. The molecule has 1 heterocycles. The van der Waals surface area contributed by atoms with E-state index in [1.54, 1.807) is 0 Å². The number of ether oxygens (including phenoxy) is 1. The maximum atomic E-state index is 13.6. The van der Waals surface area contributed by atoms with Crippen LogP contribution in [0.4, 0.5) is 15.9 Å². The molecule has 8 heteroatoms. The standard InChI is InChI=1S/C13H12ClFN4O2/c1-21-10-4-2-7(6-9(10)15)17-13(20)12-8(14)3-5-11(18-12)19-16/h2-6H,16H2,1H3,(H,17,20)(H,18,19). The lowest BCUT2D eigenvalue weighted by molar-refractivity contribution is 0.102. The van der Waals surface area contributed by atoms with Crippen LogP contribution in [0.25, 0.3) is 0 Å². The van der Waals surface area contributed by atoms with Crippen molar-refractivity contribution >= 4 is 29.0 Å². The lowest BCUT2D eigenvalue weighted by atomic mass is 10.2. The molecule has 0 radical (unpaired) electrons. The Bertz CT molecular complexity index is 681. The van der Waals surface area contributed by atoms with Crippen LogP contribution in [0, 0.1) is 5.82 Å². The molecule has 0 atom stereocenters. The van der Waals surface area contributed by atoms with E-state index < -0.39 is 11.7 Å². The van der Waals surface area contributed by atoms with Crippen LogP contribution in [0.15, 0.2) is 30.3 Å². The topological polar surface area (TPSA) is 89.3 Å². The van der Waals surface area contributed by atoms with Gasteiger partial charge >= 0.3 is 0 Å². The Hall–Kier alpha value is -2.38. The summed E-state index contributed by atoms with van der Waals surface area (Å²) in [6, 6.07) is 7.03. The van der Waals surface area contributed by atoms with Gasteiger partial charge in [0.05, 0.1) is 12.1 Å². The van der Waals surface area contributed by atoms with Crippen molar-refractivity contribution in [2.75, 3.05) is 17.9 Å². The molecule has 0 fully saturated rings. The molecule has 0 unspecified atom stereocenters. The Kier molecular flexibility index (Phi) is 4.56. The summed E-state index contributed by atoms with van der Waals surface area (Å²) < 4.78 is 18.4. The number of methoxy groups -OCH3 is 1. The van der Waals surface area contributed by atoms with Crippen molar-refractivity contribution in [2.24, 2.45) is 5.84 Å². The molecule has 21 heavy (non-hydrogen) atoms. The largest absolute Gasteiger partial charge is 0.494 e. The van der Waals surface area contributed by atoms with Gasteiger partial charge in [-0.15, -0.1) is 0 Å². The number of hydrazine groups is 1. The van der Waals surface area contributed by atoms with Crippen molar-refractivity contribution in [2.45, 2.75) is 0 Å². The molecule has 0 saturated carbocycles. The number of carbonyl (C=O) groups excluding carboxylic acids is 1. The van der Waals surface area contributed by atoms with Gasteiger partial charge in [-0.3, -0.25) is 4.79 Å². The first-order chi connectivity index (χ1) is 10.0. The number of nitrogens with two attached hydrogens (primary N) is 1. The van der Waals surface area contributed by atoms with Crippen LogP contribution in [0.2, 0.25) is 5.02 Å². The Labute approximate surface area is 125 Å². The molecule has 0 aliphatic rings. The van der Waals surface area contributed by atoms with E-state index in [1.165, 1.54) is 31.4 Å². The summed E-state index contributed by atoms with van der Waals surface area (Å²) in [5.74, 6) is 4.41. The maximum Gasteiger partial charge on any atom is 0.275 e. The number of nitrogens with one attached hydrogen (secondary N) is 2. The predicted octanol–water partition coefficient (Wildman–Crippen LogP) is 2.42. The van der Waals surface area contributed by atoms with Crippen molar-refractivity contribution in [3.63, 3.8) is 0 Å². The number of aromatic nitrogens is 1. The third-order valence-electron chi connectivity index (χ3n) is 2.62. The molecule has 0 saturated heterocycles. The third kappa shape index (κ3) is 3.39. The second-order valence-corrected chi connectivity index (χ2v) is 4.38. The molecule has 4 N–H and O–H groups in total. The number of anilines is 2. The zero-order chi connectivity index (χ0) is 15.4. The minimum atomic E-state index is -0.591. The van der Waals surface area contributed by atoms with Crippen LogP contribution in [-0.4, -0.2) is 18.0 Å². The number of pyridine rings is 1. The van der Waals surface area contributed by atoms with Gasteiger partial charge in [-0.05, 0) is 24.3 Å². The summed E-state index contributed by atoms with van der Waals surface area (Å²) in [5, 5.41) is 2.65. The van der Waals surface area contributed by atoms with Gasteiger partial charge in [0.1, 0.15) is 11.5 Å². The van der Waals surface area contributed by atoms with E-state index in [0.29, 0.717) is 0 Å². The lowest BCUT2D eigenvalue weighted by Crippen LogP contribution is -2.17. The maximum absolute atomic E-state index is 13.6. The van der Waals surface area contributed by atoms with Crippen molar-refractivity contribution in [3.05, 3.63) is 46.9 Å². The molecular weight excluding hydrogens is 299 g/mol. The Balaban J connectivity index is 2.23. The highest BCUT2D eigenvalue weighted by atomic mass is 35.5. The van der Waals surface area contributed by atoms with Crippen LogP contribution in [0.1, 0.15) is 10.5 Å². The van der Waals surface area contributed by atoms with Crippen LogP contribution in [0.3, 0.4) is 0 Å². The molecule has 2 rings (SSSR count). The number of hydrogen-bond donors (Lipinski definition) is 3. The van der Waals surface area contributed by atoms with Gasteiger partial charge in [0.15, 0.2) is 11.6 Å². The van der Waals surface area contributed by atoms with E-state index in [9.17, 15) is 9.18 Å². The molecular formula is C13H12ClFN4O2. The van der Waals surface area contributed by atoms with Crippen LogP contribution >= 0.6 is 11.6 Å². The fourth-order valence-corrected chi connectivity index (χ4v) is 1.81. The number of rotatable bonds is 4. The minimum absolute atomic E-state index is 0.0247. The van der Waals surface area contributed by atoms with Crippen LogP contribution in [0.5, 0.6) is 5.75 Å². The van der Waals surface area contributed by atoms with Crippen molar-refractivity contribution in [1.29, 1.82) is 0 Å². The number of nitrogen functional groups attached to an aromatic ring is 1. The molecule has 6 nitrogen and oxygen atoms in total. The first-order valence-corrected chi connectivity index (χ1v) is 6.21. The van der Waals surface area contributed by atoms with E-state index in [-0.39, 0.29) is 28.0 Å². The van der Waals surface area contributed by atoms with E-state index >= 15 is 0 Å². The monoisotopic (exact) mass is 310 g/mol. The average Bonchev–Trinajstić information content (AvgIpc) is 2.48. The number of carbonyl (C=O) groups is 1. The average molecular weight is 311 g/mol. The van der Waals surface area contributed by atoms with Crippen molar-refractivity contribution in [3.8, 4) is 5.75 Å². The Morgan fingerprint density at radius 1 is 1.38 bits per heavy atom. The zero-order valence-corrected chi connectivity index (χ0v) is 11.7. The quantitative estimate of drug-likeness (QED) is 0.596. The molecule has 0 spiro atoms. The summed E-state index contributed by atoms with van der Waals surface area (Å²) in [6.07, 6.45) is 0. The smallest absolute Gasteiger partial charge is 0.275 e. The van der Waals surface area contributed by atoms with Gasteiger partial charge in [0.25, 0.3) is 5.91 Å². The molecule has 0 aliphatic heterocycles. The van der Waals surface area contributed by atoms with Crippen molar-refractivity contribution < 1.29 is 13.9 Å². The highest BCUT2D eigenvalue weighted by Gasteiger charge is 2.14. The molecule has 0 aliphatic carbocycles. The number of hydrogen-bond acceptors (Lipinski definition) is 5. The number of amides is 1. The highest BCUT2D eigenvalue weighted by Crippen LogP contribution is 2.22. The first kappa shape index (κ1) is 15.0. The van der Waals surface area contributed by atoms with Gasteiger partial charge in [-0.1, -0.05) is 11.6 Å². The molecule has 0 bridgehead atoms. The summed E-state index contributed by atoms with van der Waals surface area (Å²) in [7, 11) is 1.35. The van der Waals surface area contributed by atoms with Gasteiger partial charge in [0, 0.05) is 11.8 Å². The molecule has 1 aromatic carbocycles. The van der Waals surface area contributed by atoms with Gasteiger partial charge < -0.3 is 15.5 Å². The van der Waals surface area contributed by atoms with Gasteiger partial charge in [-0.25, -0.2) is 15.2 Å². The van der Waals surface area contributed by atoms with Crippen LogP contribution in [-0.2, 0) is 0 Å². The number of halogens is 2. The zero-order valence-electron chi connectivity index (χ0n) is 11.0. The highest BCUT2D eigenvalue weighted by molar-refractivity contribution is 6.34. The fourth-order valence-electron chi connectivity index (χ4n) is 1.62. The van der Waals surface area contributed by atoms with Gasteiger partial charge in [-0.2, -0.15) is 0 Å². The summed E-state index contributed by atoms with van der Waals surface area (Å²) in [5.41, 5.74) is 2.54. The second kappa shape index (κ2) is 6.38. The normalized spacial score (nSPS) is 10.1.